The first kappa shape index (κ1) is 19.8. The average Bonchev–Trinajstić information content (AvgIpc) is 3.54. The maximum atomic E-state index is 12.8. The average molecular weight is 417 g/mol. The molecule has 2 N–H and O–H groups in total. The Labute approximate surface area is 182 Å². The highest BCUT2D eigenvalue weighted by atomic mass is 16.6. The molecule has 31 heavy (non-hydrogen) atoms. The fraction of sp³-hybridized carbons (Fsp3) is 0.400. The van der Waals surface area contributed by atoms with Gasteiger partial charge in [-0.25, -0.2) is 0 Å². The van der Waals surface area contributed by atoms with Crippen molar-refractivity contribution in [2.24, 2.45) is 17.0 Å². The van der Waals surface area contributed by atoms with Crippen molar-refractivity contribution in [3.63, 3.8) is 0 Å². The van der Waals surface area contributed by atoms with E-state index >= 15 is 0 Å². The maximum Gasteiger partial charge on any atom is 0.255 e. The Kier molecular flexibility index (Phi) is 5.69. The van der Waals surface area contributed by atoms with Crippen LogP contribution in [0.3, 0.4) is 0 Å². The molecule has 0 aliphatic heterocycles. The first-order valence-electron chi connectivity index (χ1n) is 11.3. The number of pyridine rings is 1. The van der Waals surface area contributed by atoms with Gasteiger partial charge in [0.05, 0.1) is 16.8 Å². The van der Waals surface area contributed by atoms with Gasteiger partial charge in [0, 0.05) is 24.4 Å². The molecular weight excluding hydrogens is 388 g/mol. The first-order chi connectivity index (χ1) is 15.3. The van der Waals surface area contributed by atoms with Crippen molar-refractivity contribution < 1.29 is 9.63 Å². The molecule has 1 amide bonds. The van der Waals surface area contributed by atoms with Crippen LogP contribution >= 0.6 is 0 Å². The van der Waals surface area contributed by atoms with Gasteiger partial charge in [-0.1, -0.05) is 35.5 Å². The van der Waals surface area contributed by atoms with E-state index in [1.165, 1.54) is 12.8 Å². The lowest BCUT2D eigenvalue weighted by Gasteiger charge is -2.29. The number of H-pyrrole nitrogens is 1. The molecule has 0 bridgehead atoms. The number of oxime groups is 1. The van der Waals surface area contributed by atoms with Crippen LogP contribution in [0.15, 0.2) is 60.0 Å². The van der Waals surface area contributed by atoms with Crippen LogP contribution < -0.4 is 5.32 Å². The predicted octanol–water partition coefficient (Wildman–Crippen LogP) is 4.68. The smallest absolute Gasteiger partial charge is 0.255 e. The summed E-state index contributed by atoms with van der Waals surface area (Å²) in [6.07, 6.45) is 9.81. The molecule has 1 aromatic carbocycles. The molecular formula is C25H28N4O2. The van der Waals surface area contributed by atoms with Gasteiger partial charge in [-0.3, -0.25) is 9.78 Å². The molecule has 2 saturated carbocycles. The number of carbonyl (C=O) groups excluding carboxylic acids is 1. The van der Waals surface area contributed by atoms with Gasteiger partial charge in [0.15, 0.2) is 0 Å². The zero-order valence-corrected chi connectivity index (χ0v) is 17.6. The normalized spacial score (nSPS) is 21.7. The first-order valence-corrected chi connectivity index (χ1v) is 11.3. The number of aromatic amines is 1. The second kappa shape index (κ2) is 8.92. The molecule has 0 spiro atoms. The molecule has 3 aromatic rings. The summed E-state index contributed by atoms with van der Waals surface area (Å²) in [6.45, 7) is 0.723. The van der Waals surface area contributed by atoms with Gasteiger partial charge in [-0.05, 0) is 62.1 Å². The van der Waals surface area contributed by atoms with Crippen LogP contribution in [-0.2, 0) is 4.84 Å². The summed E-state index contributed by atoms with van der Waals surface area (Å²) in [5, 5.41) is 7.78. The monoisotopic (exact) mass is 416 g/mol. The lowest BCUT2D eigenvalue weighted by atomic mass is 9.81. The van der Waals surface area contributed by atoms with Crippen molar-refractivity contribution in [2.75, 3.05) is 6.61 Å². The molecule has 2 fully saturated rings. The van der Waals surface area contributed by atoms with E-state index in [2.05, 4.69) is 32.6 Å². The van der Waals surface area contributed by atoms with Gasteiger partial charge in [0.2, 0.25) is 0 Å². The highest BCUT2D eigenvalue weighted by Gasteiger charge is 2.28. The molecule has 160 valence electrons. The number of nitrogens with zero attached hydrogens (tertiary/aromatic N) is 2. The van der Waals surface area contributed by atoms with Gasteiger partial charge in [0.1, 0.15) is 12.1 Å². The van der Waals surface area contributed by atoms with Gasteiger partial charge >= 0.3 is 0 Å². The molecule has 2 aliphatic rings. The van der Waals surface area contributed by atoms with E-state index in [9.17, 15) is 4.79 Å². The SMILES string of the molecule is O=C(N[C@H]1CC[C@H](/C(=N/OCC2CC2)c2ccccc2)CC1)c1c[nH]c2cccnc12. The Bertz CT molecular complexity index is 1060. The van der Waals surface area contributed by atoms with Gasteiger partial charge in [-0.15, -0.1) is 0 Å². The van der Waals surface area contributed by atoms with Crippen molar-refractivity contribution in [3.8, 4) is 0 Å². The minimum Gasteiger partial charge on any atom is -0.395 e. The van der Waals surface area contributed by atoms with Crippen molar-refractivity contribution in [2.45, 2.75) is 44.6 Å². The fourth-order valence-corrected chi connectivity index (χ4v) is 4.37. The third kappa shape index (κ3) is 4.63. The number of amides is 1. The summed E-state index contributed by atoms with van der Waals surface area (Å²) < 4.78 is 0. The minimum absolute atomic E-state index is 0.0573. The summed E-state index contributed by atoms with van der Waals surface area (Å²) >= 11 is 0. The van der Waals surface area contributed by atoms with Crippen LogP contribution in [0.25, 0.3) is 11.0 Å². The van der Waals surface area contributed by atoms with E-state index in [4.69, 9.17) is 4.84 Å². The Morgan fingerprint density at radius 3 is 2.65 bits per heavy atom. The summed E-state index contributed by atoms with van der Waals surface area (Å²) in [5.74, 6) is 0.980. The highest BCUT2D eigenvalue weighted by molar-refractivity contribution is 6.05. The number of hydrogen-bond acceptors (Lipinski definition) is 4. The van der Waals surface area contributed by atoms with E-state index < -0.39 is 0 Å². The molecule has 6 heteroatoms. The molecule has 2 heterocycles. The third-order valence-corrected chi connectivity index (χ3v) is 6.37. The molecule has 0 radical (unpaired) electrons. The van der Waals surface area contributed by atoms with Gasteiger partial charge in [0.25, 0.3) is 5.91 Å². The quantitative estimate of drug-likeness (QED) is 0.433. The van der Waals surface area contributed by atoms with Crippen molar-refractivity contribution in [3.05, 3.63) is 66.0 Å². The lowest BCUT2D eigenvalue weighted by molar-refractivity contribution is 0.0926. The van der Waals surface area contributed by atoms with E-state index in [0.717, 1.165) is 54.6 Å². The molecule has 0 unspecified atom stereocenters. The standard InChI is InChI=1S/C25H28N4O2/c30-25(21-15-27-22-7-4-14-26-24(21)22)28-20-12-10-19(11-13-20)23(18-5-2-1-3-6-18)29-31-16-17-8-9-17/h1-7,14-15,17,19-20,27H,8-13,16H2,(H,28,30)/b29-23+/t19-,20-. The van der Waals surface area contributed by atoms with Crippen molar-refractivity contribution >= 4 is 22.7 Å². The Balaban J connectivity index is 1.22. The molecule has 0 saturated heterocycles. The van der Waals surface area contributed by atoms with Crippen molar-refractivity contribution in [1.29, 1.82) is 0 Å². The lowest BCUT2D eigenvalue weighted by Crippen LogP contribution is -2.38. The maximum absolute atomic E-state index is 12.8. The van der Waals surface area contributed by atoms with Gasteiger partial charge in [-0.2, -0.15) is 0 Å². The third-order valence-electron chi connectivity index (χ3n) is 6.37. The zero-order chi connectivity index (χ0) is 21.0. The summed E-state index contributed by atoms with van der Waals surface area (Å²) in [4.78, 5) is 26.0. The van der Waals surface area contributed by atoms with E-state index in [0.29, 0.717) is 17.4 Å². The van der Waals surface area contributed by atoms with Crippen LogP contribution in [0.1, 0.15) is 54.4 Å². The Hall–Kier alpha value is -3.15. The predicted molar refractivity (Wildman–Crippen MR) is 121 cm³/mol. The largest absolute Gasteiger partial charge is 0.395 e. The van der Waals surface area contributed by atoms with Crippen LogP contribution in [0.2, 0.25) is 0 Å². The minimum atomic E-state index is -0.0573. The van der Waals surface area contributed by atoms with E-state index in [-0.39, 0.29) is 11.9 Å². The fourth-order valence-electron chi connectivity index (χ4n) is 4.37. The van der Waals surface area contributed by atoms with Crippen LogP contribution in [0.5, 0.6) is 0 Å². The van der Waals surface area contributed by atoms with Crippen molar-refractivity contribution in [1.82, 2.24) is 15.3 Å². The van der Waals surface area contributed by atoms with Gasteiger partial charge < -0.3 is 15.1 Å². The van der Waals surface area contributed by atoms with Crippen LogP contribution in [0.4, 0.5) is 0 Å². The topological polar surface area (TPSA) is 79.4 Å². The second-order valence-electron chi connectivity index (χ2n) is 8.71. The second-order valence-corrected chi connectivity index (χ2v) is 8.71. The van der Waals surface area contributed by atoms with Crippen LogP contribution in [0, 0.1) is 11.8 Å². The molecule has 2 aliphatic carbocycles. The number of fused-ring (bicyclic) bond motifs is 1. The number of carbonyl (C=O) groups is 1. The number of aromatic nitrogens is 2. The van der Waals surface area contributed by atoms with E-state index in [1.54, 1.807) is 12.4 Å². The number of hydrogen-bond donors (Lipinski definition) is 2. The molecule has 0 atom stereocenters. The van der Waals surface area contributed by atoms with Crippen LogP contribution in [-0.4, -0.2) is 34.2 Å². The summed E-state index contributed by atoms with van der Waals surface area (Å²) in [7, 11) is 0. The number of rotatable bonds is 7. The van der Waals surface area contributed by atoms with E-state index in [1.807, 2.05) is 30.3 Å². The number of nitrogens with one attached hydrogen (secondary N) is 2. The molecule has 2 aromatic heterocycles. The Morgan fingerprint density at radius 1 is 1.06 bits per heavy atom. The number of benzene rings is 1. The summed E-state index contributed by atoms with van der Waals surface area (Å²) in [6, 6.07) is 14.3. The Morgan fingerprint density at radius 2 is 1.87 bits per heavy atom. The molecule has 5 rings (SSSR count). The zero-order valence-electron chi connectivity index (χ0n) is 17.6. The molecule has 6 nitrogen and oxygen atoms in total. The summed E-state index contributed by atoms with van der Waals surface area (Å²) in [5.41, 5.74) is 4.39. The highest BCUT2D eigenvalue weighted by Crippen LogP contribution is 2.31.